The van der Waals surface area contributed by atoms with E-state index in [9.17, 15) is 10.1 Å². The summed E-state index contributed by atoms with van der Waals surface area (Å²) in [5.74, 6) is 4.02. The van der Waals surface area contributed by atoms with Crippen molar-refractivity contribution in [2.75, 3.05) is 22.6 Å². The number of aryl methyl sites for hydroxylation is 2. The van der Waals surface area contributed by atoms with Gasteiger partial charge in [-0.2, -0.15) is 11.8 Å². The molecular weight excluding hydrogens is 494 g/mol. The zero-order valence-corrected chi connectivity index (χ0v) is 22.1. The molecule has 1 aliphatic rings. The van der Waals surface area contributed by atoms with Crippen LogP contribution in [-0.2, 0) is 6.54 Å². The first-order chi connectivity index (χ1) is 16.2. The van der Waals surface area contributed by atoms with E-state index in [0.29, 0.717) is 29.6 Å². The number of nitro groups is 1. The molecule has 0 saturated heterocycles. The Bertz CT molecular complexity index is 1110. The van der Waals surface area contributed by atoms with Gasteiger partial charge in [-0.05, 0) is 66.0 Å². The highest BCUT2D eigenvalue weighted by Crippen LogP contribution is 2.28. The van der Waals surface area contributed by atoms with Crippen LogP contribution in [-0.4, -0.2) is 54.8 Å². The van der Waals surface area contributed by atoms with Gasteiger partial charge in [0.05, 0.1) is 17.9 Å². The van der Waals surface area contributed by atoms with E-state index in [1.807, 2.05) is 56.6 Å². The number of anilines is 1. The molecule has 0 aliphatic carbocycles. The van der Waals surface area contributed by atoms with Crippen LogP contribution in [0.3, 0.4) is 0 Å². The summed E-state index contributed by atoms with van der Waals surface area (Å²) in [6, 6.07) is 2.05. The first-order valence-electron chi connectivity index (χ1n) is 10.9. The summed E-state index contributed by atoms with van der Waals surface area (Å²) in [6.07, 6.45) is 4.84. The van der Waals surface area contributed by atoms with Gasteiger partial charge >= 0.3 is 5.84 Å². The lowest BCUT2D eigenvalue weighted by atomic mass is 10.2. The first-order valence-corrected chi connectivity index (χ1v) is 13.4. The van der Waals surface area contributed by atoms with Gasteiger partial charge in [-0.15, -0.1) is 11.8 Å². The number of thioether (sulfide) groups is 2. The summed E-state index contributed by atoms with van der Waals surface area (Å²) in [6.45, 7) is 8.16. The van der Waals surface area contributed by atoms with E-state index >= 15 is 0 Å². The number of aromatic nitrogens is 3. The number of hydrogen-bond donors (Lipinski definition) is 1. The predicted octanol–water partition coefficient (Wildman–Crippen LogP) is 5.14. The summed E-state index contributed by atoms with van der Waals surface area (Å²) in [7, 11) is 0. The van der Waals surface area contributed by atoms with E-state index in [1.54, 1.807) is 0 Å². The largest absolute Gasteiger partial charge is 0.378 e. The third-order valence-electron chi connectivity index (χ3n) is 5.22. The number of nitrogens with zero attached hydrogens (tertiary/aromatic N) is 6. The van der Waals surface area contributed by atoms with Crippen LogP contribution in [0, 0.1) is 30.9 Å². The molecule has 1 unspecified atom stereocenters. The predicted molar refractivity (Wildman–Crippen MR) is 141 cm³/mol. The Balaban J connectivity index is 1.41. The topological polar surface area (TPSA) is 119 Å². The van der Waals surface area contributed by atoms with Gasteiger partial charge in [0.15, 0.2) is 0 Å². The third kappa shape index (κ3) is 7.13. The highest BCUT2D eigenvalue weighted by atomic mass is 35.5. The molecule has 2 aromatic rings. The van der Waals surface area contributed by atoms with Crippen LogP contribution in [0.15, 0.2) is 27.1 Å². The Hall–Kier alpha value is -2.24. The van der Waals surface area contributed by atoms with Crippen molar-refractivity contribution >= 4 is 53.0 Å². The molecule has 182 valence electrons. The molecule has 0 radical (unpaired) electrons. The highest BCUT2D eigenvalue weighted by Gasteiger charge is 2.35. The maximum Gasteiger partial charge on any atom is 0.378 e. The molecular formula is C22H28ClN7O2S2. The standard InChI is InChI=1S/C22H28ClN7O2S2/c1-14-17(12-25-21-20(23)15(2)27-16(3)28-21)24-8-6-18(14)34-10-5-9-33-11-7-22(4)26-13-19(29-22)30(31)32/h6,8,13H,5,7,9-12H2,1-4H3,(H,25,27,28). The van der Waals surface area contributed by atoms with E-state index in [0.717, 1.165) is 40.6 Å². The van der Waals surface area contributed by atoms with E-state index in [4.69, 9.17) is 11.6 Å². The summed E-state index contributed by atoms with van der Waals surface area (Å²) in [5, 5.41) is 14.6. The number of hydrogen-bond acceptors (Lipinski definition) is 10. The van der Waals surface area contributed by atoms with Crippen molar-refractivity contribution in [3.8, 4) is 0 Å². The van der Waals surface area contributed by atoms with Gasteiger partial charge in [-0.25, -0.2) is 15.0 Å². The fourth-order valence-corrected chi connectivity index (χ4v) is 5.72. The molecule has 0 aromatic carbocycles. The number of halogens is 1. The van der Waals surface area contributed by atoms with E-state index < -0.39 is 10.6 Å². The zero-order valence-electron chi connectivity index (χ0n) is 19.7. The van der Waals surface area contributed by atoms with Crippen molar-refractivity contribution in [2.45, 2.75) is 57.6 Å². The Kier molecular flexibility index (Phi) is 9.26. The quantitative estimate of drug-likeness (QED) is 0.187. The van der Waals surface area contributed by atoms with Crippen LogP contribution >= 0.6 is 35.1 Å². The van der Waals surface area contributed by atoms with Crippen LogP contribution in [0.25, 0.3) is 0 Å². The number of rotatable bonds is 11. The molecule has 0 amide bonds. The zero-order chi connectivity index (χ0) is 24.7. The molecule has 0 bridgehead atoms. The Morgan fingerprint density at radius 3 is 2.74 bits per heavy atom. The van der Waals surface area contributed by atoms with Crippen LogP contribution in [0.4, 0.5) is 5.82 Å². The summed E-state index contributed by atoms with van der Waals surface area (Å²) in [4.78, 5) is 33.0. The molecule has 0 fully saturated rings. The third-order valence-corrected chi connectivity index (χ3v) is 7.99. The molecule has 0 saturated carbocycles. The van der Waals surface area contributed by atoms with Crippen molar-refractivity contribution in [3.63, 3.8) is 0 Å². The van der Waals surface area contributed by atoms with Gasteiger partial charge in [0.2, 0.25) is 5.66 Å². The van der Waals surface area contributed by atoms with E-state index in [1.165, 1.54) is 11.1 Å². The van der Waals surface area contributed by atoms with Crippen molar-refractivity contribution in [1.82, 2.24) is 15.0 Å². The van der Waals surface area contributed by atoms with Crippen LogP contribution in [0.2, 0.25) is 5.02 Å². The molecule has 1 aliphatic heterocycles. The minimum absolute atomic E-state index is 0.156. The van der Waals surface area contributed by atoms with E-state index in [-0.39, 0.29) is 5.84 Å². The summed E-state index contributed by atoms with van der Waals surface area (Å²) >= 11 is 9.98. The number of pyridine rings is 1. The second-order valence-corrected chi connectivity index (χ2v) is 10.8. The van der Waals surface area contributed by atoms with Gasteiger partial charge in [-0.1, -0.05) is 11.6 Å². The molecule has 1 N–H and O–H groups in total. The first kappa shape index (κ1) is 26.4. The maximum absolute atomic E-state index is 10.8. The average Bonchev–Trinajstić information content (AvgIpc) is 3.19. The molecule has 3 heterocycles. The normalized spacial score (nSPS) is 17.1. The van der Waals surface area contributed by atoms with E-state index in [2.05, 4.69) is 37.2 Å². The van der Waals surface area contributed by atoms with Crippen molar-refractivity contribution < 1.29 is 4.92 Å². The highest BCUT2D eigenvalue weighted by molar-refractivity contribution is 8.00. The van der Waals surface area contributed by atoms with Gasteiger partial charge < -0.3 is 15.4 Å². The van der Waals surface area contributed by atoms with Crippen molar-refractivity contribution in [3.05, 3.63) is 50.2 Å². The van der Waals surface area contributed by atoms with Gasteiger partial charge in [0.1, 0.15) is 22.9 Å². The van der Waals surface area contributed by atoms with Crippen LogP contribution < -0.4 is 5.32 Å². The maximum atomic E-state index is 10.8. The van der Waals surface area contributed by atoms with Crippen LogP contribution in [0.5, 0.6) is 0 Å². The number of aliphatic imine (C=N–C) groups is 2. The van der Waals surface area contributed by atoms with Gasteiger partial charge in [0, 0.05) is 24.4 Å². The summed E-state index contributed by atoms with van der Waals surface area (Å²) < 4.78 is 0. The monoisotopic (exact) mass is 521 g/mol. The van der Waals surface area contributed by atoms with Crippen molar-refractivity contribution in [1.29, 1.82) is 0 Å². The summed E-state index contributed by atoms with van der Waals surface area (Å²) in [5.41, 5.74) is 2.17. The SMILES string of the molecule is Cc1nc(C)c(Cl)c(NCc2nccc(SCCCSCCC3(C)N=CC([N+](=O)[O-])=N3)c2C)n1. The Labute approximate surface area is 212 Å². The molecule has 12 heteroatoms. The van der Waals surface area contributed by atoms with Crippen LogP contribution in [0.1, 0.15) is 42.5 Å². The Morgan fingerprint density at radius 2 is 2.00 bits per heavy atom. The second kappa shape index (κ2) is 11.9. The Morgan fingerprint density at radius 1 is 1.21 bits per heavy atom. The molecule has 1 atom stereocenters. The van der Waals surface area contributed by atoms with Gasteiger partial charge in [0.25, 0.3) is 0 Å². The van der Waals surface area contributed by atoms with Gasteiger partial charge in [-0.3, -0.25) is 4.98 Å². The number of amidine groups is 1. The molecule has 3 rings (SSSR count). The molecule has 9 nitrogen and oxygen atoms in total. The average molecular weight is 522 g/mol. The minimum Gasteiger partial charge on any atom is -0.363 e. The fraction of sp³-hybridized carbons (Fsp3) is 0.500. The minimum atomic E-state index is -0.698. The second-order valence-electron chi connectivity index (χ2n) is 8.02. The lowest BCUT2D eigenvalue weighted by Gasteiger charge is -2.13. The molecule has 0 spiro atoms. The molecule has 34 heavy (non-hydrogen) atoms. The molecule has 2 aromatic heterocycles. The lowest BCUT2D eigenvalue weighted by molar-refractivity contribution is -0.345. The smallest absolute Gasteiger partial charge is 0.363 e. The lowest BCUT2D eigenvalue weighted by Crippen LogP contribution is -2.19. The van der Waals surface area contributed by atoms with Crippen molar-refractivity contribution in [2.24, 2.45) is 9.98 Å². The number of nitrogens with one attached hydrogen (secondary N) is 1. The fourth-order valence-electron chi connectivity index (χ4n) is 3.30.